The minimum Gasteiger partial charge on any atom is -0.394 e. The van der Waals surface area contributed by atoms with Crippen LogP contribution in [0.25, 0.3) is 0 Å². The maximum atomic E-state index is 12.0. The lowest BCUT2D eigenvalue weighted by Gasteiger charge is -2.23. The molecule has 5 atom stereocenters. The number of hydrogen-bond acceptors (Lipinski definition) is 8. The second-order valence-electron chi connectivity index (χ2n) is 5.14. The van der Waals surface area contributed by atoms with Crippen LogP contribution in [0.2, 0.25) is 0 Å². The zero-order valence-electron chi connectivity index (χ0n) is 12.7. The standard InChI is InChI=1S/C13H21N3O6/c1-6-4-16(13(19)15-11(6)14)12-9(18)10(8(5-17)22-12)21-7(2)20-3/h4,7-10,12,17-18H,5H2,1-3H3,(H2,14,15,19)/t7?,8-,9-,10-,12-/m1/s1. The third-order valence-corrected chi connectivity index (χ3v) is 3.62. The summed E-state index contributed by atoms with van der Waals surface area (Å²) in [5, 5.41) is 19.8. The van der Waals surface area contributed by atoms with Gasteiger partial charge in [-0.25, -0.2) is 4.79 Å². The van der Waals surface area contributed by atoms with Crippen molar-refractivity contribution in [3.63, 3.8) is 0 Å². The summed E-state index contributed by atoms with van der Waals surface area (Å²) in [6, 6.07) is 0. The smallest absolute Gasteiger partial charge is 0.351 e. The summed E-state index contributed by atoms with van der Waals surface area (Å²) in [7, 11) is 1.45. The van der Waals surface area contributed by atoms with E-state index in [-0.39, 0.29) is 12.4 Å². The highest BCUT2D eigenvalue weighted by Gasteiger charge is 2.46. The van der Waals surface area contributed by atoms with Gasteiger partial charge in [-0.15, -0.1) is 0 Å². The van der Waals surface area contributed by atoms with Crippen LogP contribution in [0, 0.1) is 6.92 Å². The quantitative estimate of drug-likeness (QED) is 0.576. The first kappa shape index (κ1) is 16.8. The highest BCUT2D eigenvalue weighted by atomic mass is 16.7. The number of hydrogen-bond donors (Lipinski definition) is 3. The van der Waals surface area contributed by atoms with Crippen molar-refractivity contribution in [2.45, 2.75) is 44.7 Å². The van der Waals surface area contributed by atoms with E-state index in [1.165, 1.54) is 13.3 Å². The van der Waals surface area contributed by atoms with Gasteiger partial charge in [0.05, 0.1) is 6.61 Å². The molecular weight excluding hydrogens is 294 g/mol. The van der Waals surface area contributed by atoms with Crippen LogP contribution in [0.15, 0.2) is 11.0 Å². The van der Waals surface area contributed by atoms with Crippen molar-refractivity contribution in [3.05, 3.63) is 22.2 Å². The fourth-order valence-corrected chi connectivity index (χ4v) is 2.30. The summed E-state index contributed by atoms with van der Waals surface area (Å²) in [6.07, 6.45) is -2.96. The predicted molar refractivity (Wildman–Crippen MR) is 76.0 cm³/mol. The summed E-state index contributed by atoms with van der Waals surface area (Å²) in [5.41, 5.74) is 5.50. The van der Waals surface area contributed by atoms with E-state index in [1.54, 1.807) is 13.8 Å². The van der Waals surface area contributed by atoms with Crippen LogP contribution in [-0.4, -0.2) is 58.1 Å². The molecule has 1 aromatic heterocycles. The topological polar surface area (TPSA) is 129 Å². The maximum absolute atomic E-state index is 12.0. The molecule has 0 amide bonds. The van der Waals surface area contributed by atoms with Crippen LogP contribution in [0.5, 0.6) is 0 Å². The van der Waals surface area contributed by atoms with Gasteiger partial charge in [0.15, 0.2) is 12.5 Å². The highest BCUT2D eigenvalue weighted by Crippen LogP contribution is 2.31. The molecule has 0 bridgehead atoms. The van der Waals surface area contributed by atoms with E-state index in [4.69, 9.17) is 19.9 Å². The zero-order chi connectivity index (χ0) is 16.4. The Hall–Kier alpha value is -1.52. The van der Waals surface area contributed by atoms with Gasteiger partial charge < -0.3 is 30.2 Å². The number of anilines is 1. The largest absolute Gasteiger partial charge is 0.394 e. The Labute approximate surface area is 127 Å². The lowest BCUT2D eigenvalue weighted by atomic mass is 10.1. The molecule has 124 valence electrons. The zero-order valence-corrected chi connectivity index (χ0v) is 12.7. The molecule has 1 saturated heterocycles. The van der Waals surface area contributed by atoms with Gasteiger partial charge in [-0.1, -0.05) is 0 Å². The lowest BCUT2D eigenvalue weighted by molar-refractivity contribution is -0.175. The molecule has 1 unspecified atom stereocenters. The Morgan fingerprint density at radius 3 is 2.86 bits per heavy atom. The van der Waals surface area contributed by atoms with Crippen molar-refractivity contribution in [2.24, 2.45) is 0 Å². The number of rotatable bonds is 5. The number of aliphatic hydroxyl groups is 2. The maximum Gasteiger partial charge on any atom is 0.351 e. The predicted octanol–water partition coefficient (Wildman–Crippen LogP) is -1.24. The molecule has 9 nitrogen and oxygen atoms in total. The summed E-state index contributed by atoms with van der Waals surface area (Å²) in [6.45, 7) is 2.96. The van der Waals surface area contributed by atoms with Crippen molar-refractivity contribution in [2.75, 3.05) is 19.5 Å². The van der Waals surface area contributed by atoms with Gasteiger partial charge in [0.2, 0.25) is 0 Å². The van der Waals surface area contributed by atoms with Crippen LogP contribution in [0.4, 0.5) is 5.82 Å². The second kappa shape index (κ2) is 6.71. The van der Waals surface area contributed by atoms with E-state index >= 15 is 0 Å². The van der Waals surface area contributed by atoms with Crippen LogP contribution >= 0.6 is 0 Å². The van der Waals surface area contributed by atoms with Crippen LogP contribution in [-0.2, 0) is 14.2 Å². The van der Waals surface area contributed by atoms with E-state index in [1.807, 2.05) is 0 Å². The molecule has 1 aliphatic rings. The van der Waals surface area contributed by atoms with Crippen LogP contribution in [0.3, 0.4) is 0 Å². The Morgan fingerprint density at radius 1 is 1.59 bits per heavy atom. The molecule has 0 aromatic carbocycles. The summed E-state index contributed by atoms with van der Waals surface area (Å²) >= 11 is 0. The van der Waals surface area contributed by atoms with Gasteiger partial charge in [-0.2, -0.15) is 4.98 Å². The number of ether oxygens (including phenoxy) is 3. The van der Waals surface area contributed by atoms with E-state index < -0.39 is 36.5 Å². The monoisotopic (exact) mass is 315 g/mol. The summed E-state index contributed by atoms with van der Waals surface area (Å²) < 4.78 is 17.2. The van der Waals surface area contributed by atoms with E-state index in [0.717, 1.165) is 4.57 Å². The van der Waals surface area contributed by atoms with E-state index in [0.29, 0.717) is 5.56 Å². The van der Waals surface area contributed by atoms with Gasteiger partial charge in [0, 0.05) is 18.9 Å². The first-order valence-corrected chi connectivity index (χ1v) is 6.87. The number of aryl methyl sites for hydroxylation is 1. The first-order chi connectivity index (χ1) is 10.4. The Morgan fingerprint density at radius 2 is 2.27 bits per heavy atom. The van der Waals surface area contributed by atoms with Crippen molar-refractivity contribution in [1.82, 2.24) is 9.55 Å². The molecule has 1 aromatic rings. The molecule has 4 N–H and O–H groups in total. The van der Waals surface area contributed by atoms with Gasteiger partial charge >= 0.3 is 5.69 Å². The highest BCUT2D eigenvalue weighted by molar-refractivity contribution is 5.35. The van der Waals surface area contributed by atoms with Crippen LogP contribution < -0.4 is 11.4 Å². The molecule has 2 rings (SSSR count). The van der Waals surface area contributed by atoms with Gasteiger partial charge in [0.1, 0.15) is 24.1 Å². The van der Waals surface area contributed by atoms with E-state index in [2.05, 4.69) is 4.98 Å². The molecule has 1 aliphatic heterocycles. The summed E-state index contributed by atoms with van der Waals surface area (Å²) in [5.74, 6) is 0.119. The Bertz CT molecular complexity index is 577. The average Bonchev–Trinajstić information content (AvgIpc) is 2.79. The van der Waals surface area contributed by atoms with E-state index in [9.17, 15) is 15.0 Å². The summed E-state index contributed by atoms with van der Waals surface area (Å²) in [4.78, 5) is 15.6. The molecule has 9 heteroatoms. The third-order valence-electron chi connectivity index (χ3n) is 3.62. The van der Waals surface area contributed by atoms with Crippen molar-refractivity contribution >= 4 is 5.82 Å². The average molecular weight is 315 g/mol. The fourth-order valence-electron chi connectivity index (χ4n) is 2.30. The SMILES string of the molecule is COC(C)O[C@H]1[C@@H](O)[C@H](n2cc(C)c(N)nc2=O)O[C@@H]1CO. The van der Waals surface area contributed by atoms with Crippen molar-refractivity contribution in [3.8, 4) is 0 Å². The second-order valence-corrected chi connectivity index (χ2v) is 5.14. The Kier molecular flexibility index (Phi) is 5.14. The van der Waals surface area contributed by atoms with Crippen LogP contribution in [0.1, 0.15) is 18.7 Å². The molecule has 0 spiro atoms. The van der Waals surface area contributed by atoms with Gasteiger partial charge in [-0.3, -0.25) is 4.57 Å². The number of methoxy groups -OCH3 is 1. The third kappa shape index (κ3) is 3.13. The first-order valence-electron chi connectivity index (χ1n) is 6.87. The number of nitrogens with two attached hydrogens (primary N) is 1. The van der Waals surface area contributed by atoms with Crippen molar-refractivity contribution < 1.29 is 24.4 Å². The molecule has 1 fully saturated rings. The number of nitrogen functional groups attached to an aromatic ring is 1. The van der Waals surface area contributed by atoms with Crippen molar-refractivity contribution in [1.29, 1.82) is 0 Å². The molecular formula is C13H21N3O6. The molecule has 0 aliphatic carbocycles. The number of aliphatic hydroxyl groups excluding tert-OH is 2. The lowest BCUT2D eigenvalue weighted by Crippen LogP contribution is -2.40. The Balaban J connectivity index is 2.30. The minimum absolute atomic E-state index is 0.119. The van der Waals surface area contributed by atoms with Gasteiger partial charge in [0.25, 0.3) is 0 Å². The van der Waals surface area contributed by atoms with Gasteiger partial charge in [-0.05, 0) is 13.8 Å². The number of nitrogens with zero attached hydrogens (tertiary/aromatic N) is 2. The normalized spacial score (nSPS) is 29.7. The number of aromatic nitrogens is 2. The fraction of sp³-hybridized carbons (Fsp3) is 0.692. The molecule has 0 radical (unpaired) electrons. The molecule has 22 heavy (non-hydrogen) atoms. The minimum atomic E-state index is -1.17. The molecule has 0 saturated carbocycles. The molecule has 2 heterocycles.